The van der Waals surface area contributed by atoms with E-state index in [0.717, 1.165) is 66.8 Å². The molecule has 4 rings (SSSR count). The average Bonchev–Trinajstić information content (AvgIpc) is 3.92. The van der Waals surface area contributed by atoms with Crippen LogP contribution in [0.5, 0.6) is 0 Å². The fourth-order valence-corrected chi connectivity index (χ4v) is 6.60. The Kier molecular flexibility index (Phi) is 13.6. The van der Waals surface area contributed by atoms with Crippen molar-refractivity contribution >= 4 is 23.3 Å². The van der Waals surface area contributed by atoms with Crippen LogP contribution < -0.4 is 16.0 Å². The van der Waals surface area contributed by atoms with Crippen LogP contribution in [0.3, 0.4) is 0 Å². The zero-order valence-corrected chi connectivity index (χ0v) is 31.3. The van der Waals surface area contributed by atoms with Gasteiger partial charge in [0.2, 0.25) is 11.8 Å². The Hall–Kier alpha value is -4.69. The number of rotatable bonds is 15. The molecule has 0 bridgehead atoms. The minimum atomic E-state index is -3.00. The number of ether oxygens (including phenoxy) is 1. The second-order valence-electron chi connectivity index (χ2n) is 14.2. The largest absolute Gasteiger partial charge is 0.383 e. The van der Waals surface area contributed by atoms with Crippen molar-refractivity contribution in [2.75, 3.05) is 24.7 Å². The Labute approximate surface area is 306 Å². The highest BCUT2D eigenvalue weighted by atomic mass is 19.3. The van der Waals surface area contributed by atoms with E-state index in [1.165, 1.54) is 19.1 Å². The van der Waals surface area contributed by atoms with E-state index < -0.39 is 11.8 Å². The number of carbonyl (C=O) groups is 2. The molecule has 1 aliphatic carbocycles. The first-order valence-corrected chi connectivity index (χ1v) is 18.1. The number of benzene rings is 1. The highest BCUT2D eigenvalue weighted by Crippen LogP contribution is 2.39. The van der Waals surface area contributed by atoms with Gasteiger partial charge < -0.3 is 20.7 Å². The fraction of sp³-hybridized carbons (Fsp3) is 0.488. The van der Waals surface area contributed by atoms with Gasteiger partial charge in [-0.1, -0.05) is 37.8 Å². The zero-order valence-electron chi connectivity index (χ0n) is 31.3. The van der Waals surface area contributed by atoms with Crippen LogP contribution in [0.1, 0.15) is 88.6 Å². The molecule has 0 radical (unpaired) electrons. The van der Waals surface area contributed by atoms with E-state index in [1.54, 1.807) is 6.20 Å². The first-order valence-electron chi connectivity index (χ1n) is 18.1. The summed E-state index contributed by atoms with van der Waals surface area (Å²) in [6.45, 7) is 16.0. The minimum Gasteiger partial charge on any atom is -0.383 e. The molecule has 1 aromatic heterocycles. The second kappa shape index (κ2) is 17.7. The van der Waals surface area contributed by atoms with Gasteiger partial charge >= 0.3 is 0 Å². The summed E-state index contributed by atoms with van der Waals surface area (Å²) in [6.07, 6.45) is 8.92. The number of allylic oxidation sites excluding steroid dienone is 3. The van der Waals surface area contributed by atoms with Gasteiger partial charge in [-0.2, -0.15) is 10.3 Å². The number of amidine groups is 1. The van der Waals surface area contributed by atoms with Gasteiger partial charge in [0, 0.05) is 62.5 Å². The maximum atomic E-state index is 13.8. The number of halogens is 2. The number of alkyl halides is 2. The van der Waals surface area contributed by atoms with Gasteiger partial charge in [-0.3, -0.25) is 9.59 Å². The predicted octanol–water partition coefficient (Wildman–Crippen LogP) is 7.45. The molecule has 3 N–H and O–H groups in total. The third-order valence-corrected chi connectivity index (χ3v) is 9.71. The summed E-state index contributed by atoms with van der Waals surface area (Å²) in [5, 5.41) is 13.2. The molecule has 0 spiro atoms. The molecule has 11 heteroatoms. The van der Waals surface area contributed by atoms with E-state index in [2.05, 4.69) is 27.9 Å². The average molecular weight is 715 g/mol. The zero-order chi connectivity index (χ0) is 38.2. The number of amides is 2. The lowest BCUT2D eigenvalue weighted by Gasteiger charge is -2.31. The van der Waals surface area contributed by atoms with Gasteiger partial charge in [0.05, 0.1) is 12.1 Å². The van der Waals surface area contributed by atoms with Crippen molar-refractivity contribution < 1.29 is 23.1 Å². The van der Waals surface area contributed by atoms with Crippen molar-refractivity contribution in [3.05, 3.63) is 82.2 Å². The summed E-state index contributed by atoms with van der Waals surface area (Å²) in [5.41, 5.74) is 12.7. The number of carbonyl (C=O) groups excluding carboxylic acids is 2. The topological polar surface area (TPSA) is 134 Å². The Morgan fingerprint density at radius 3 is 2.42 bits per heavy atom. The molecule has 1 aromatic carbocycles. The van der Waals surface area contributed by atoms with Crippen LogP contribution in [-0.2, 0) is 20.7 Å². The van der Waals surface area contributed by atoms with Crippen LogP contribution in [0.2, 0.25) is 0 Å². The van der Waals surface area contributed by atoms with Gasteiger partial charge in [-0.25, -0.2) is 13.8 Å². The molecule has 1 saturated heterocycles. The SMILES string of the molecule is C=C(/C(=C\C=C(/C)C(C)(F)F)C(N)=NC(=O)CC(C)N(CCC)c1cc(-c2c(C)cc(CC(=O)NC3CCOCC3)cc2C)cnc1C#N)C1CC1. The summed E-state index contributed by atoms with van der Waals surface area (Å²) < 4.78 is 33.1. The molecule has 1 aliphatic heterocycles. The first kappa shape index (κ1) is 40.1. The number of nitrogens with one attached hydrogen (secondary N) is 1. The quantitative estimate of drug-likeness (QED) is 0.111. The van der Waals surface area contributed by atoms with E-state index in [-0.39, 0.29) is 53.9 Å². The van der Waals surface area contributed by atoms with Crippen molar-refractivity contribution in [1.82, 2.24) is 10.3 Å². The third-order valence-electron chi connectivity index (χ3n) is 9.71. The predicted molar refractivity (Wildman–Crippen MR) is 202 cm³/mol. The highest BCUT2D eigenvalue weighted by Gasteiger charge is 2.29. The molecule has 2 aromatic rings. The van der Waals surface area contributed by atoms with Crippen LogP contribution in [-0.4, -0.2) is 60.4 Å². The molecule has 2 amide bonds. The number of hydrogen-bond donors (Lipinski definition) is 2. The van der Waals surface area contributed by atoms with Gasteiger partial charge in [0.25, 0.3) is 5.92 Å². The highest BCUT2D eigenvalue weighted by molar-refractivity contribution is 6.07. The lowest BCUT2D eigenvalue weighted by atomic mass is 9.92. The third kappa shape index (κ3) is 10.7. The van der Waals surface area contributed by atoms with Crippen LogP contribution in [0.4, 0.5) is 14.5 Å². The number of aromatic nitrogens is 1. The number of anilines is 1. The van der Waals surface area contributed by atoms with E-state index >= 15 is 0 Å². The molecule has 52 heavy (non-hydrogen) atoms. The molecule has 278 valence electrons. The Bertz CT molecular complexity index is 1770. The van der Waals surface area contributed by atoms with Crippen LogP contribution >= 0.6 is 0 Å². The van der Waals surface area contributed by atoms with Crippen molar-refractivity contribution in [2.45, 2.75) is 104 Å². The van der Waals surface area contributed by atoms with Gasteiger partial charge in [0.1, 0.15) is 11.9 Å². The van der Waals surface area contributed by atoms with E-state index in [1.807, 2.05) is 50.8 Å². The number of aliphatic imine (C=N–C) groups is 1. The van der Waals surface area contributed by atoms with Crippen LogP contribution in [0.15, 0.2) is 64.8 Å². The molecule has 2 fully saturated rings. The van der Waals surface area contributed by atoms with Crippen molar-refractivity contribution in [3.63, 3.8) is 0 Å². The summed E-state index contributed by atoms with van der Waals surface area (Å²) in [7, 11) is 0. The first-order chi connectivity index (χ1) is 24.6. The van der Waals surface area contributed by atoms with Crippen LogP contribution in [0, 0.1) is 31.1 Å². The standard InChI is InChI=1S/C41H52F2N6O3/c1-8-15-49(28(5)20-37(50)48-40(45)34(29(6)31-10-11-31)12-9-27(4)41(7,42)43)36-22-32(24-46-35(36)23-44)39-25(2)18-30(19-26(39)3)21-38(51)47-33-13-16-52-17-14-33/h9,12,18-19,22,24,28,31,33H,6,8,10-11,13-17,20-21H2,1-5,7H3,(H,47,51)(H2,45,48,50)/b27-9+,34-12+. The number of nitriles is 1. The van der Waals surface area contributed by atoms with Gasteiger partial charge in [-0.05, 0) is 105 Å². The lowest BCUT2D eigenvalue weighted by Crippen LogP contribution is -2.39. The van der Waals surface area contributed by atoms with Crippen molar-refractivity contribution in [3.8, 4) is 17.2 Å². The van der Waals surface area contributed by atoms with Crippen molar-refractivity contribution in [2.24, 2.45) is 16.6 Å². The maximum Gasteiger partial charge on any atom is 0.266 e. The Balaban J connectivity index is 1.57. The molecular weight excluding hydrogens is 662 g/mol. The van der Waals surface area contributed by atoms with E-state index in [4.69, 9.17) is 10.5 Å². The molecular formula is C41H52F2N6O3. The van der Waals surface area contributed by atoms with Crippen molar-refractivity contribution in [1.29, 1.82) is 5.26 Å². The number of hydrogen-bond acceptors (Lipinski definition) is 6. The summed E-state index contributed by atoms with van der Waals surface area (Å²) in [5.74, 6) is -3.37. The molecule has 1 saturated carbocycles. The normalized spacial score (nSPS) is 16.6. The molecule has 1 atom stereocenters. The lowest BCUT2D eigenvalue weighted by molar-refractivity contribution is -0.121. The molecule has 1 unspecified atom stereocenters. The van der Waals surface area contributed by atoms with Gasteiger partial charge in [-0.15, -0.1) is 0 Å². The molecule has 2 heterocycles. The number of aryl methyl sites for hydroxylation is 2. The number of nitrogens with two attached hydrogens (primary N) is 1. The Morgan fingerprint density at radius 1 is 1.19 bits per heavy atom. The smallest absolute Gasteiger partial charge is 0.266 e. The second-order valence-corrected chi connectivity index (χ2v) is 14.2. The molecule has 2 aliphatic rings. The summed E-state index contributed by atoms with van der Waals surface area (Å²) >= 11 is 0. The summed E-state index contributed by atoms with van der Waals surface area (Å²) in [6, 6.07) is 7.93. The van der Waals surface area contributed by atoms with E-state index in [0.29, 0.717) is 36.6 Å². The minimum absolute atomic E-state index is 0.0103. The van der Waals surface area contributed by atoms with Gasteiger partial charge in [0.15, 0.2) is 5.69 Å². The maximum absolute atomic E-state index is 13.8. The number of nitrogens with zero attached hydrogens (tertiary/aromatic N) is 4. The fourth-order valence-electron chi connectivity index (χ4n) is 6.60. The summed E-state index contributed by atoms with van der Waals surface area (Å²) in [4.78, 5) is 36.9. The monoisotopic (exact) mass is 714 g/mol. The molecule has 9 nitrogen and oxygen atoms in total. The Morgan fingerprint density at radius 2 is 1.85 bits per heavy atom. The number of pyridine rings is 1. The van der Waals surface area contributed by atoms with Crippen LogP contribution in [0.25, 0.3) is 11.1 Å². The van der Waals surface area contributed by atoms with E-state index in [9.17, 15) is 23.6 Å².